The van der Waals surface area contributed by atoms with Crippen molar-refractivity contribution in [3.05, 3.63) is 83.8 Å². The summed E-state index contributed by atoms with van der Waals surface area (Å²) in [6.45, 7) is 5.42. The van der Waals surface area contributed by atoms with Gasteiger partial charge in [0.2, 0.25) is 0 Å². The number of anilines is 1. The summed E-state index contributed by atoms with van der Waals surface area (Å²) in [6, 6.07) is 16.5. The third-order valence-electron chi connectivity index (χ3n) is 6.78. The maximum atomic E-state index is 13.0. The van der Waals surface area contributed by atoms with E-state index in [1.807, 2.05) is 19.3 Å². The molecular weight excluding hydrogens is 464 g/mol. The SMILES string of the molecule is Cc1cc(OC[C@@H]2C[C@H](NC(=O)c3cc(-c4cnn(C)c4)cnc3N)CN2)cc(C)c1-c1ccccc1. The second kappa shape index (κ2) is 10.4. The highest BCUT2D eigenvalue weighted by Crippen LogP contribution is 2.31. The molecule has 2 aromatic heterocycles. The fourth-order valence-electron chi connectivity index (χ4n) is 4.97. The molecule has 2 aromatic carbocycles. The highest BCUT2D eigenvalue weighted by Gasteiger charge is 2.27. The molecule has 37 heavy (non-hydrogen) atoms. The summed E-state index contributed by atoms with van der Waals surface area (Å²) >= 11 is 0. The zero-order valence-corrected chi connectivity index (χ0v) is 21.4. The first kappa shape index (κ1) is 24.5. The maximum absolute atomic E-state index is 13.0. The van der Waals surface area contributed by atoms with Gasteiger partial charge in [-0.05, 0) is 60.7 Å². The van der Waals surface area contributed by atoms with Crippen molar-refractivity contribution >= 4 is 11.7 Å². The quantitative estimate of drug-likeness (QED) is 0.358. The van der Waals surface area contributed by atoms with E-state index in [-0.39, 0.29) is 23.8 Å². The predicted molar refractivity (Wildman–Crippen MR) is 145 cm³/mol. The minimum absolute atomic E-state index is 0.0218. The number of nitrogens with zero attached hydrogens (tertiary/aromatic N) is 3. The van der Waals surface area contributed by atoms with Gasteiger partial charge in [0, 0.05) is 49.2 Å². The van der Waals surface area contributed by atoms with Gasteiger partial charge in [-0.2, -0.15) is 5.10 Å². The van der Waals surface area contributed by atoms with E-state index < -0.39 is 0 Å². The van der Waals surface area contributed by atoms with Crippen LogP contribution in [0.3, 0.4) is 0 Å². The number of aryl methyl sites for hydroxylation is 3. The van der Waals surface area contributed by atoms with Crippen LogP contribution in [-0.2, 0) is 7.05 Å². The molecule has 8 heteroatoms. The first-order valence-electron chi connectivity index (χ1n) is 12.5. The average Bonchev–Trinajstić information content (AvgIpc) is 3.52. The number of aromatic nitrogens is 3. The fourth-order valence-corrected chi connectivity index (χ4v) is 4.97. The Morgan fingerprint density at radius 3 is 2.57 bits per heavy atom. The van der Waals surface area contributed by atoms with E-state index in [0.29, 0.717) is 18.7 Å². The highest BCUT2D eigenvalue weighted by molar-refractivity contribution is 5.99. The van der Waals surface area contributed by atoms with E-state index in [9.17, 15) is 4.79 Å². The van der Waals surface area contributed by atoms with Gasteiger partial charge in [0.25, 0.3) is 5.91 Å². The lowest BCUT2D eigenvalue weighted by molar-refractivity contribution is 0.0940. The minimum Gasteiger partial charge on any atom is -0.492 e. The lowest BCUT2D eigenvalue weighted by atomic mass is 9.95. The number of ether oxygens (including phenoxy) is 1. The number of nitrogen functional groups attached to an aromatic ring is 1. The van der Waals surface area contributed by atoms with Gasteiger partial charge >= 0.3 is 0 Å². The molecule has 0 bridgehead atoms. The molecule has 0 saturated carbocycles. The smallest absolute Gasteiger partial charge is 0.255 e. The molecule has 0 unspecified atom stereocenters. The monoisotopic (exact) mass is 496 g/mol. The molecule has 1 amide bonds. The Labute approximate surface area is 216 Å². The summed E-state index contributed by atoms with van der Waals surface area (Å²) in [6.07, 6.45) is 6.03. The normalized spacial score (nSPS) is 17.1. The number of amides is 1. The number of hydrogen-bond donors (Lipinski definition) is 3. The molecule has 1 saturated heterocycles. The van der Waals surface area contributed by atoms with Gasteiger partial charge in [0.15, 0.2) is 0 Å². The van der Waals surface area contributed by atoms with Crippen LogP contribution < -0.4 is 21.1 Å². The highest BCUT2D eigenvalue weighted by atomic mass is 16.5. The van der Waals surface area contributed by atoms with Crippen molar-refractivity contribution in [1.82, 2.24) is 25.4 Å². The standard InChI is InChI=1S/C29H32N6O2/c1-18-9-25(10-19(2)27(18)20-7-5-4-6-8-20)37-17-24-12-23(15-31-24)34-29(36)26-11-21(13-32-28(26)30)22-14-33-35(3)16-22/h4-11,13-14,16,23-24,31H,12,15,17H2,1-3H3,(H2,30,32)(H,34,36)/t23-,24-/m0/s1. The molecule has 0 aliphatic carbocycles. The van der Waals surface area contributed by atoms with Crippen molar-refractivity contribution in [3.63, 3.8) is 0 Å². The van der Waals surface area contributed by atoms with Crippen LogP contribution in [0.1, 0.15) is 27.9 Å². The van der Waals surface area contributed by atoms with Crippen molar-refractivity contribution in [2.75, 3.05) is 18.9 Å². The Morgan fingerprint density at radius 1 is 1.11 bits per heavy atom. The second-order valence-corrected chi connectivity index (χ2v) is 9.68. The summed E-state index contributed by atoms with van der Waals surface area (Å²) in [5.74, 6) is 0.836. The van der Waals surface area contributed by atoms with E-state index in [2.05, 4.69) is 71.0 Å². The van der Waals surface area contributed by atoms with E-state index >= 15 is 0 Å². The van der Waals surface area contributed by atoms with Crippen LogP contribution in [0.15, 0.2) is 67.1 Å². The molecular formula is C29H32N6O2. The second-order valence-electron chi connectivity index (χ2n) is 9.68. The Kier molecular flexibility index (Phi) is 6.92. The summed E-state index contributed by atoms with van der Waals surface area (Å²) in [5, 5.41) is 10.7. The fraction of sp³-hybridized carbons (Fsp3) is 0.276. The van der Waals surface area contributed by atoms with Crippen LogP contribution in [0.4, 0.5) is 5.82 Å². The largest absolute Gasteiger partial charge is 0.492 e. The molecule has 1 fully saturated rings. The first-order chi connectivity index (χ1) is 17.9. The van der Waals surface area contributed by atoms with Crippen molar-refractivity contribution in [2.24, 2.45) is 7.05 Å². The Hall–Kier alpha value is -4.17. The van der Waals surface area contributed by atoms with Gasteiger partial charge in [0.05, 0.1) is 11.8 Å². The summed E-state index contributed by atoms with van der Waals surface area (Å²) in [5.41, 5.74) is 12.9. The van der Waals surface area contributed by atoms with E-state index in [1.54, 1.807) is 23.1 Å². The molecule has 1 aliphatic rings. The van der Waals surface area contributed by atoms with Crippen LogP contribution in [0.25, 0.3) is 22.3 Å². The number of pyridine rings is 1. The zero-order chi connectivity index (χ0) is 25.9. The van der Waals surface area contributed by atoms with Gasteiger partial charge in [-0.15, -0.1) is 0 Å². The number of carbonyl (C=O) groups excluding carboxylic acids is 1. The van der Waals surface area contributed by atoms with Crippen molar-refractivity contribution in [3.8, 4) is 28.0 Å². The summed E-state index contributed by atoms with van der Waals surface area (Å²) < 4.78 is 7.86. The number of nitrogens with one attached hydrogen (secondary N) is 2. The molecule has 4 aromatic rings. The van der Waals surface area contributed by atoms with Gasteiger partial charge < -0.3 is 21.1 Å². The third kappa shape index (κ3) is 5.49. The number of carbonyl (C=O) groups is 1. The summed E-state index contributed by atoms with van der Waals surface area (Å²) in [7, 11) is 1.84. The van der Waals surface area contributed by atoms with Crippen molar-refractivity contribution < 1.29 is 9.53 Å². The molecule has 0 spiro atoms. The average molecular weight is 497 g/mol. The Balaban J connectivity index is 1.18. The third-order valence-corrected chi connectivity index (χ3v) is 6.78. The molecule has 190 valence electrons. The van der Waals surface area contributed by atoms with Crippen LogP contribution in [0.5, 0.6) is 5.75 Å². The predicted octanol–water partition coefficient (Wildman–Crippen LogP) is 3.89. The van der Waals surface area contributed by atoms with E-state index in [1.165, 1.54) is 22.3 Å². The van der Waals surface area contributed by atoms with Gasteiger partial charge in [-0.3, -0.25) is 9.48 Å². The molecule has 5 rings (SSSR count). The molecule has 4 N–H and O–H groups in total. The van der Waals surface area contributed by atoms with Crippen LogP contribution in [-0.4, -0.2) is 45.9 Å². The van der Waals surface area contributed by atoms with Gasteiger partial charge in [-0.25, -0.2) is 4.98 Å². The van der Waals surface area contributed by atoms with Crippen molar-refractivity contribution in [1.29, 1.82) is 0 Å². The van der Waals surface area contributed by atoms with Crippen LogP contribution in [0.2, 0.25) is 0 Å². The molecule has 1 aliphatic heterocycles. The van der Waals surface area contributed by atoms with E-state index in [0.717, 1.165) is 23.3 Å². The number of benzene rings is 2. The summed E-state index contributed by atoms with van der Waals surface area (Å²) in [4.78, 5) is 17.2. The number of nitrogens with two attached hydrogens (primary N) is 1. The zero-order valence-electron chi connectivity index (χ0n) is 21.4. The Bertz CT molecular complexity index is 1390. The van der Waals surface area contributed by atoms with Gasteiger partial charge in [0.1, 0.15) is 18.2 Å². The minimum atomic E-state index is -0.230. The van der Waals surface area contributed by atoms with E-state index in [4.69, 9.17) is 10.5 Å². The molecule has 3 heterocycles. The molecule has 2 atom stereocenters. The van der Waals surface area contributed by atoms with Crippen LogP contribution >= 0.6 is 0 Å². The maximum Gasteiger partial charge on any atom is 0.255 e. The number of rotatable bonds is 7. The first-order valence-corrected chi connectivity index (χ1v) is 12.5. The Morgan fingerprint density at radius 2 is 1.86 bits per heavy atom. The lowest BCUT2D eigenvalue weighted by Gasteiger charge is -2.16. The number of hydrogen-bond acceptors (Lipinski definition) is 6. The van der Waals surface area contributed by atoms with Crippen LogP contribution in [0, 0.1) is 13.8 Å². The van der Waals surface area contributed by atoms with Crippen molar-refractivity contribution in [2.45, 2.75) is 32.4 Å². The molecule has 0 radical (unpaired) electrons. The lowest BCUT2D eigenvalue weighted by Crippen LogP contribution is -2.36. The molecule has 8 nitrogen and oxygen atoms in total. The topological polar surface area (TPSA) is 107 Å². The van der Waals surface area contributed by atoms with Gasteiger partial charge in [-0.1, -0.05) is 30.3 Å².